The van der Waals surface area contributed by atoms with Crippen LogP contribution >= 0.6 is 0 Å². The number of methoxy groups -OCH3 is 1. The van der Waals surface area contributed by atoms with Crippen molar-refractivity contribution < 1.29 is 19.0 Å². The molecule has 0 bridgehead atoms. The molecule has 0 aromatic heterocycles. The zero-order valence-electron chi connectivity index (χ0n) is 19.6. The maximum absolute atomic E-state index is 13.5. The van der Waals surface area contributed by atoms with E-state index in [4.69, 9.17) is 9.47 Å². The van der Waals surface area contributed by atoms with Crippen LogP contribution in [-0.2, 0) is 13.1 Å². The van der Waals surface area contributed by atoms with Gasteiger partial charge < -0.3 is 24.8 Å². The van der Waals surface area contributed by atoms with E-state index in [2.05, 4.69) is 17.3 Å². The van der Waals surface area contributed by atoms with Gasteiger partial charge in [0.25, 0.3) is 0 Å². The van der Waals surface area contributed by atoms with E-state index in [1.807, 2.05) is 25.1 Å². The molecular weight excluding hydrogens is 407 g/mol. The van der Waals surface area contributed by atoms with Crippen LogP contribution in [0.25, 0.3) is 0 Å². The Hall–Kier alpha value is -2.15. The van der Waals surface area contributed by atoms with E-state index < -0.39 is 6.10 Å². The van der Waals surface area contributed by atoms with E-state index in [1.54, 1.807) is 19.2 Å². The van der Waals surface area contributed by atoms with Crippen molar-refractivity contribution in [3.63, 3.8) is 0 Å². The predicted molar refractivity (Wildman–Crippen MR) is 126 cm³/mol. The predicted octanol–water partition coefficient (Wildman–Crippen LogP) is 4.44. The van der Waals surface area contributed by atoms with Gasteiger partial charge in [0.2, 0.25) is 0 Å². The fraction of sp³-hybridized carbons (Fsp3) is 0.538. The van der Waals surface area contributed by atoms with E-state index in [9.17, 15) is 9.50 Å². The van der Waals surface area contributed by atoms with Crippen molar-refractivity contribution in [3.05, 3.63) is 58.9 Å². The van der Waals surface area contributed by atoms with Crippen molar-refractivity contribution in [3.8, 4) is 11.5 Å². The molecule has 0 spiro atoms. The Kier molecular flexibility index (Phi) is 9.33. The smallest absolute Gasteiger partial charge is 0.161 e. The van der Waals surface area contributed by atoms with E-state index >= 15 is 0 Å². The van der Waals surface area contributed by atoms with E-state index in [0.29, 0.717) is 37.2 Å². The summed E-state index contributed by atoms with van der Waals surface area (Å²) in [6, 6.07) is 11.2. The summed E-state index contributed by atoms with van der Waals surface area (Å²) in [6.07, 6.45) is 5.76. The molecule has 2 aromatic carbocycles. The quantitative estimate of drug-likeness (QED) is 0.537. The molecule has 0 saturated heterocycles. The minimum Gasteiger partial charge on any atom is -0.493 e. The molecule has 2 aromatic rings. The summed E-state index contributed by atoms with van der Waals surface area (Å²) in [5.41, 5.74) is 3.05. The fourth-order valence-electron chi connectivity index (χ4n) is 4.36. The third kappa shape index (κ3) is 7.19. The molecule has 32 heavy (non-hydrogen) atoms. The van der Waals surface area contributed by atoms with Gasteiger partial charge in [-0.2, -0.15) is 0 Å². The van der Waals surface area contributed by atoms with Crippen LogP contribution in [0.2, 0.25) is 0 Å². The second-order valence-corrected chi connectivity index (χ2v) is 8.86. The van der Waals surface area contributed by atoms with Crippen molar-refractivity contribution >= 4 is 0 Å². The Balaban J connectivity index is 1.48. The maximum Gasteiger partial charge on any atom is 0.161 e. The van der Waals surface area contributed by atoms with Crippen molar-refractivity contribution in [1.29, 1.82) is 0 Å². The minimum absolute atomic E-state index is 0.220. The number of ether oxygens (including phenoxy) is 2. The lowest BCUT2D eigenvalue weighted by Gasteiger charge is -2.32. The molecule has 0 amide bonds. The lowest BCUT2D eigenvalue weighted by molar-refractivity contribution is 0.0553. The summed E-state index contributed by atoms with van der Waals surface area (Å²) in [7, 11) is 3.70. The molecule has 0 aliphatic heterocycles. The molecule has 1 aliphatic rings. The molecule has 1 atom stereocenters. The third-order valence-corrected chi connectivity index (χ3v) is 6.31. The van der Waals surface area contributed by atoms with Crippen molar-refractivity contribution in [2.75, 3.05) is 27.3 Å². The maximum atomic E-state index is 13.5. The van der Waals surface area contributed by atoms with Gasteiger partial charge in [-0.05, 0) is 67.8 Å². The number of rotatable bonds is 11. The molecule has 176 valence electrons. The van der Waals surface area contributed by atoms with Gasteiger partial charge in [0.1, 0.15) is 18.5 Å². The Morgan fingerprint density at radius 1 is 1.09 bits per heavy atom. The first-order valence-electron chi connectivity index (χ1n) is 11.6. The van der Waals surface area contributed by atoms with Gasteiger partial charge in [-0.1, -0.05) is 31.4 Å². The van der Waals surface area contributed by atoms with Gasteiger partial charge >= 0.3 is 0 Å². The van der Waals surface area contributed by atoms with Crippen LogP contribution < -0.4 is 14.8 Å². The Morgan fingerprint density at radius 3 is 2.62 bits per heavy atom. The number of halogens is 1. The number of aliphatic hydroxyl groups excluding tert-OH is 1. The lowest BCUT2D eigenvalue weighted by Crippen LogP contribution is -2.40. The highest BCUT2D eigenvalue weighted by Gasteiger charge is 2.20. The molecule has 2 N–H and O–H groups in total. The standard InChI is InChI=1S/C26H37FN2O3/c1-19-9-11-22(27)14-21(19)16-28-15-20-10-12-25(26(13-20)31-3)32-18-24(30)17-29(2)23-7-5-4-6-8-23/h9-14,23-24,28,30H,4-8,15-18H2,1-3H3/t24-/m0/s1. The molecule has 6 heteroatoms. The molecule has 1 fully saturated rings. The van der Waals surface area contributed by atoms with Gasteiger partial charge in [0, 0.05) is 25.7 Å². The normalized spacial score (nSPS) is 15.7. The summed E-state index contributed by atoms with van der Waals surface area (Å²) < 4.78 is 24.8. The van der Waals surface area contributed by atoms with Crippen LogP contribution in [0, 0.1) is 12.7 Å². The number of hydrogen-bond acceptors (Lipinski definition) is 5. The molecule has 0 heterocycles. The SMILES string of the molecule is COc1cc(CNCc2cc(F)ccc2C)ccc1OC[C@@H](O)CN(C)C1CCCCC1. The highest BCUT2D eigenvalue weighted by atomic mass is 19.1. The highest BCUT2D eigenvalue weighted by molar-refractivity contribution is 5.43. The Labute approximate surface area is 191 Å². The number of aryl methyl sites for hydroxylation is 1. The van der Waals surface area contributed by atoms with Crippen LogP contribution in [0.4, 0.5) is 4.39 Å². The summed E-state index contributed by atoms with van der Waals surface area (Å²) >= 11 is 0. The molecular formula is C26H37FN2O3. The van der Waals surface area contributed by atoms with E-state index in [1.165, 1.54) is 38.2 Å². The van der Waals surface area contributed by atoms with Gasteiger partial charge in [0.05, 0.1) is 7.11 Å². The monoisotopic (exact) mass is 444 g/mol. The molecule has 1 aliphatic carbocycles. The third-order valence-electron chi connectivity index (χ3n) is 6.31. The first-order valence-corrected chi connectivity index (χ1v) is 11.6. The number of nitrogens with zero attached hydrogens (tertiary/aromatic N) is 1. The van der Waals surface area contributed by atoms with Gasteiger partial charge in [-0.15, -0.1) is 0 Å². The number of aliphatic hydroxyl groups is 1. The van der Waals surface area contributed by atoms with E-state index in [0.717, 1.165) is 16.7 Å². The van der Waals surface area contributed by atoms with Gasteiger partial charge in [-0.3, -0.25) is 0 Å². The molecule has 0 radical (unpaired) electrons. The highest BCUT2D eigenvalue weighted by Crippen LogP contribution is 2.28. The minimum atomic E-state index is -0.553. The Morgan fingerprint density at radius 2 is 1.88 bits per heavy atom. The fourth-order valence-corrected chi connectivity index (χ4v) is 4.36. The largest absolute Gasteiger partial charge is 0.493 e. The summed E-state index contributed by atoms with van der Waals surface area (Å²) in [5, 5.41) is 13.8. The first-order chi connectivity index (χ1) is 15.5. The van der Waals surface area contributed by atoms with Crippen LogP contribution in [0.5, 0.6) is 11.5 Å². The van der Waals surface area contributed by atoms with Crippen LogP contribution in [0.3, 0.4) is 0 Å². The molecule has 1 saturated carbocycles. The first kappa shape index (κ1) is 24.5. The van der Waals surface area contributed by atoms with Crippen LogP contribution in [0.1, 0.15) is 48.8 Å². The second kappa shape index (κ2) is 12.2. The Bertz CT molecular complexity index is 855. The summed E-state index contributed by atoms with van der Waals surface area (Å²) in [5.74, 6) is 1.04. The summed E-state index contributed by atoms with van der Waals surface area (Å²) in [4.78, 5) is 2.26. The molecule has 5 nitrogen and oxygen atoms in total. The number of benzene rings is 2. The zero-order valence-corrected chi connectivity index (χ0v) is 19.6. The summed E-state index contributed by atoms with van der Waals surface area (Å²) in [6.45, 7) is 4.03. The number of nitrogens with one attached hydrogen (secondary N) is 1. The van der Waals surface area contributed by atoms with Crippen molar-refractivity contribution in [1.82, 2.24) is 10.2 Å². The second-order valence-electron chi connectivity index (χ2n) is 8.86. The van der Waals surface area contributed by atoms with Gasteiger partial charge in [-0.25, -0.2) is 4.39 Å². The topological polar surface area (TPSA) is 54.0 Å². The average molecular weight is 445 g/mol. The average Bonchev–Trinajstić information content (AvgIpc) is 2.80. The van der Waals surface area contributed by atoms with Gasteiger partial charge in [0.15, 0.2) is 11.5 Å². The van der Waals surface area contributed by atoms with Crippen molar-refractivity contribution in [2.24, 2.45) is 0 Å². The van der Waals surface area contributed by atoms with E-state index in [-0.39, 0.29) is 12.4 Å². The lowest BCUT2D eigenvalue weighted by atomic mass is 9.94. The van der Waals surface area contributed by atoms with Crippen LogP contribution in [0.15, 0.2) is 36.4 Å². The van der Waals surface area contributed by atoms with Crippen molar-refractivity contribution in [2.45, 2.75) is 64.3 Å². The molecule has 3 rings (SSSR count). The zero-order chi connectivity index (χ0) is 22.9. The molecule has 0 unspecified atom stereocenters. The number of hydrogen-bond donors (Lipinski definition) is 2. The van der Waals surface area contributed by atoms with Crippen LogP contribution in [-0.4, -0.2) is 49.5 Å². The number of likely N-dealkylation sites (N-methyl/N-ethyl adjacent to an activating group) is 1.